The van der Waals surface area contributed by atoms with E-state index in [1.807, 2.05) is 31.7 Å². The number of fused-ring (bicyclic) bond motifs is 2. The minimum absolute atomic E-state index is 0.108. The Kier molecular flexibility index (Phi) is 5.81. The molecule has 176 valence electrons. The number of rotatable bonds is 3. The molecule has 34 heavy (non-hydrogen) atoms. The molecule has 2 aliphatic heterocycles. The predicted octanol–water partition coefficient (Wildman–Crippen LogP) is 6.42. The second-order valence-electron chi connectivity index (χ2n) is 10.9. The van der Waals surface area contributed by atoms with E-state index in [-0.39, 0.29) is 17.1 Å². The summed E-state index contributed by atoms with van der Waals surface area (Å²) in [7, 11) is 0. The van der Waals surface area contributed by atoms with E-state index in [0.29, 0.717) is 6.54 Å². The van der Waals surface area contributed by atoms with Crippen molar-refractivity contribution in [2.24, 2.45) is 5.41 Å². The van der Waals surface area contributed by atoms with Crippen LogP contribution in [0, 0.1) is 11.2 Å². The summed E-state index contributed by atoms with van der Waals surface area (Å²) in [6.07, 6.45) is 1.84. The average Bonchev–Trinajstić information content (AvgIpc) is 3.13. The van der Waals surface area contributed by atoms with Gasteiger partial charge < -0.3 is 4.90 Å². The Morgan fingerprint density at radius 1 is 0.941 bits per heavy atom. The van der Waals surface area contributed by atoms with Gasteiger partial charge in [0.05, 0.1) is 0 Å². The molecule has 1 saturated heterocycles. The topological polar surface area (TPSA) is 23.6 Å². The van der Waals surface area contributed by atoms with Crippen LogP contribution in [0.25, 0.3) is 11.1 Å². The zero-order chi connectivity index (χ0) is 23.9. The molecule has 1 fully saturated rings. The molecule has 0 N–H and O–H groups in total. The number of halogens is 1. The fraction of sp³-hybridized carbons (Fsp3) is 0.367. The summed E-state index contributed by atoms with van der Waals surface area (Å²) in [5.74, 6) is -0.112. The zero-order valence-electron chi connectivity index (χ0n) is 20.4. The van der Waals surface area contributed by atoms with Crippen LogP contribution in [0.2, 0.25) is 0 Å². The second kappa shape index (κ2) is 8.66. The van der Waals surface area contributed by atoms with Gasteiger partial charge >= 0.3 is 0 Å². The lowest BCUT2D eigenvalue weighted by Crippen LogP contribution is -2.47. The van der Waals surface area contributed by atoms with E-state index < -0.39 is 5.41 Å². The highest BCUT2D eigenvalue weighted by Gasteiger charge is 2.48. The van der Waals surface area contributed by atoms with Crippen molar-refractivity contribution in [3.8, 4) is 11.1 Å². The highest BCUT2D eigenvalue weighted by atomic mass is 19.1. The quantitative estimate of drug-likeness (QED) is 0.454. The fourth-order valence-electron chi connectivity index (χ4n) is 5.59. The summed E-state index contributed by atoms with van der Waals surface area (Å²) in [6.45, 7) is 9.26. The van der Waals surface area contributed by atoms with Gasteiger partial charge in [0, 0.05) is 29.6 Å². The first-order valence-electron chi connectivity index (χ1n) is 12.2. The van der Waals surface area contributed by atoms with E-state index in [1.165, 1.54) is 22.8 Å². The molecule has 0 unspecified atom stereocenters. The van der Waals surface area contributed by atoms with Gasteiger partial charge in [-0.3, -0.25) is 9.69 Å². The number of likely N-dealkylation sites (tertiary alicyclic amines) is 1. The van der Waals surface area contributed by atoms with E-state index in [1.54, 1.807) is 12.1 Å². The number of hydrogen-bond acceptors (Lipinski definition) is 2. The van der Waals surface area contributed by atoms with Crippen LogP contribution < -0.4 is 4.90 Å². The van der Waals surface area contributed by atoms with Gasteiger partial charge in [-0.15, -0.1) is 0 Å². The molecule has 4 heteroatoms. The van der Waals surface area contributed by atoms with Gasteiger partial charge in [-0.25, -0.2) is 4.39 Å². The molecule has 2 aliphatic rings. The molecular formula is C30H33FN2O. The third kappa shape index (κ3) is 4.16. The number of carbonyl (C=O) groups excluding carboxylic acids is 1. The first-order chi connectivity index (χ1) is 16.3. The van der Waals surface area contributed by atoms with Crippen LogP contribution in [0.4, 0.5) is 10.1 Å². The number of benzene rings is 3. The normalized spacial score (nSPS) is 17.7. The van der Waals surface area contributed by atoms with Crippen molar-refractivity contribution < 1.29 is 9.18 Å². The third-order valence-electron chi connectivity index (χ3n) is 7.48. The fourth-order valence-corrected chi connectivity index (χ4v) is 5.59. The van der Waals surface area contributed by atoms with Gasteiger partial charge in [-0.05, 0) is 66.4 Å². The number of anilines is 1. The minimum Gasteiger partial charge on any atom is -0.311 e. The van der Waals surface area contributed by atoms with Crippen LogP contribution >= 0.6 is 0 Å². The maximum Gasteiger partial charge on any atom is 0.232 e. The summed E-state index contributed by atoms with van der Waals surface area (Å²) in [4.78, 5) is 17.7. The molecular weight excluding hydrogens is 423 g/mol. The van der Waals surface area contributed by atoms with Gasteiger partial charge in [-0.1, -0.05) is 75.4 Å². The summed E-state index contributed by atoms with van der Waals surface area (Å²) in [5.41, 5.74) is 5.10. The number of piperidine rings is 1. The van der Waals surface area contributed by atoms with E-state index in [4.69, 9.17) is 0 Å². The molecule has 1 amide bonds. The Balaban J connectivity index is 1.37. The number of nitrogens with zero attached hydrogens (tertiary/aromatic N) is 2. The minimum atomic E-state index is -0.473. The Labute approximate surface area is 202 Å². The maximum absolute atomic E-state index is 14.3. The predicted molar refractivity (Wildman–Crippen MR) is 136 cm³/mol. The van der Waals surface area contributed by atoms with Crippen LogP contribution in [0.3, 0.4) is 0 Å². The summed E-state index contributed by atoms with van der Waals surface area (Å²) in [6, 6.07) is 24.1. The lowest BCUT2D eigenvalue weighted by atomic mass is 9.74. The molecule has 2 heterocycles. The lowest BCUT2D eigenvalue weighted by molar-refractivity contribution is -0.125. The maximum atomic E-state index is 14.3. The summed E-state index contributed by atoms with van der Waals surface area (Å²) < 4.78 is 14.3. The average molecular weight is 457 g/mol. The van der Waals surface area contributed by atoms with E-state index in [0.717, 1.165) is 43.7 Å². The molecule has 0 bridgehead atoms. The summed E-state index contributed by atoms with van der Waals surface area (Å²) in [5, 5.41) is 0. The molecule has 0 aromatic heterocycles. The molecule has 0 saturated carbocycles. The van der Waals surface area contributed by atoms with Crippen molar-refractivity contribution in [3.05, 3.63) is 89.7 Å². The van der Waals surface area contributed by atoms with Crippen LogP contribution in [0.1, 0.15) is 44.7 Å². The van der Waals surface area contributed by atoms with E-state index >= 15 is 0 Å². The Morgan fingerprint density at radius 3 is 2.32 bits per heavy atom. The Morgan fingerprint density at radius 2 is 1.62 bits per heavy atom. The van der Waals surface area contributed by atoms with Crippen LogP contribution in [-0.4, -0.2) is 30.4 Å². The smallest absolute Gasteiger partial charge is 0.232 e. The number of carbonyl (C=O) groups is 1. The van der Waals surface area contributed by atoms with Gasteiger partial charge in [-0.2, -0.15) is 0 Å². The molecule has 5 rings (SSSR count). The van der Waals surface area contributed by atoms with Crippen molar-refractivity contribution >= 4 is 11.6 Å². The zero-order valence-corrected chi connectivity index (χ0v) is 20.4. The SMILES string of the molecule is CC(C)(C)C(=O)N1CC2(CCN(Cc3ccccc3-c3ccccc3)CC2)c2cc(F)ccc21. The van der Waals surface area contributed by atoms with Crippen LogP contribution in [-0.2, 0) is 16.8 Å². The molecule has 1 spiro atoms. The lowest BCUT2D eigenvalue weighted by Gasteiger charge is -2.40. The largest absolute Gasteiger partial charge is 0.311 e. The highest BCUT2D eigenvalue weighted by Crippen LogP contribution is 2.48. The monoisotopic (exact) mass is 456 g/mol. The first kappa shape index (κ1) is 22.8. The summed E-state index contributed by atoms with van der Waals surface area (Å²) >= 11 is 0. The molecule has 3 aromatic carbocycles. The van der Waals surface area contributed by atoms with Gasteiger partial charge in [0.1, 0.15) is 5.82 Å². The highest BCUT2D eigenvalue weighted by molar-refractivity contribution is 5.99. The van der Waals surface area contributed by atoms with Gasteiger partial charge in [0.2, 0.25) is 5.91 Å². The molecule has 3 aromatic rings. The van der Waals surface area contributed by atoms with Crippen molar-refractivity contribution in [3.63, 3.8) is 0 Å². The third-order valence-corrected chi connectivity index (χ3v) is 7.48. The molecule has 3 nitrogen and oxygen atoms in total. The molecule has 0 aliphatic carbocycles. The van der Waals surface area contributed by atoms with Gasteiger partial charge in [0.15, 0.2) is 0 Å². The van der Waals surface area contributed by atoms with Gasteiger partial charge in [0.25, 0.3) is 0 Å². The number of amides is 1. The second-order valence-corrected chi connectivity index (χ2v) is 10.9. The standard InChI is InChI=1S/C30H33FN2O/c1-29(2,3)28(34)33-21-30(26-19-24(31)13-14-27(26)33)15-17-32(18-16-30)20-23-11-7-8-12-25(23)22-9-5-4-6-10-22/h4-14,19H,15-18,20-21H2,1-3H3. The van der Waals surface area contributed by atoms with Crippen molar-refractivity contribution in [2.45, 2.75) is 45.6 Å². The van der Waals surface area contributed by atoms with Crippen molar-refractivity contribution in [2.75, 3.05) is 24.5 Å². The van der Waals surface area contributed by atoms with Crippen LogP contribution in [0.5, 0.6) is 0 Å². The molecule has 0 atom stereocenters. The number of hydrogen-bond donors (Lipinski definition) is 0. The van der Waals surface area contributed by atoms with Crippen molar-refractivity contribution in [1.82, 2.24) is 4.90 Å². The first-order valence-corrected chi connectivity index (χ1v) is 12.2. The Hall–Kier alpha value is -2.98. The van der Waals surface area contributed by atoms with E-state index in [9.17, 15) is 9.18 Å². The van der Waals surface area contributed by atoms with Crippen molar-refractivity contribution in [1.29, 1.82) is 0 Å². The van der Waals surface area contributed by atoms with E-state index in [2.05, 4.69) is 53.4 Å². The van der Waals surface area contributed by atoms with Crippen LogP contribution in [0.15, 0.2) is 72.8 Å². The molecule has 0 radical (unpaired) electrons. The Bertz CT molecular complexity index is 1190.